The van der Waals surface area contributed by atoms with Crippen molar-refractivity contribution >= 4 is 37.3 Å². The number of carbonyl (C=O) groups is 2. The van der Waals surface area contributed by atoms with E-state index in [9.17, 15) is 22.4 Å². The Bertz CT molecular complexity index is 721. The van der Waals surface area contributed by atoms with E-state index >= 15 is 0 Å². The number of carbonyl (C=O) groups excluding carboxylic acids is 2. The van der Waals surface area contributed by atoms with Crippen LogP contribution in [0.25, 0.3) is 0 Å². The summed E-state index contributed by atoms with van der Waals surface area (Å²) in [6.45, 7) is 0.0399. The molecule has 6 nitrogen and oxygen atoms in total. The number of halogens is 2. The second-order valence-corrected chi connectivity index (χ2v) is 7.73. The van der Waals surface area contributed by atoms with Crippen molar-refractivity contribution in [3.05, 3.63) is 29.6 Å². The standard InChI is InChI=1S/C13H13ClFNO5S/c1-21-13(18)12-9(15)3-2-4-10(12)16-6-8(5-11(16)17)7-22(14,19)20/h2-4,8H,5-7H2,1H3. The summed E-state index contributed by atoms with van der Waals surface area (Å²) < 4.78 is 40.6. The van der Waals surface area contributed by atoms with Crippen LogP contribution in [0, 0.1) is 11.7 Å². The smallest absolute Gasteiger partial charge is 0.343 e. The third-order valence-electron chi connectivity index (χ3n) is 3.31. The zero-order valence-electron chi connectivity index (χ0n) is 11.6. The van der Waals surface area contributed by atoms with Gasteiger partial charge in [-0.2, -0.15) is 0 Å². The van der Waals surface area contributed by atoms with Crippen LogP contribution in [-0.4, -0.2) is 39.7 Å². The Morgan fingerprint density at radius 3 is 2.77 bits per heavy atom. The van der Waals surface area contributed by atoms with Gasteiger partial charge >= 0.3 is 5.97 Å². The van der Waals surface area contributed by atoms with Crippen molar-refractivity contribution in [2.45, 2.75) is 6.42 Å². The van der Waals surface area contributed by atoms with Gasteiger partial charge in [-0.25, -0.2) is 17.6 Å². The molecule has 0 spiro atoms. The molecule has 1 fully saturated rings. The normalized spacial score (nSPS) is 18.6. The summed E-state index contributed by atoms with van der Waals surface area (Å²) in [5.74, 6) is -3.00. The predicted octanol–water partition coefficient (Wildman–Crippen LogP) is 1.53. The van der Waals surface area contributed by atoms with E-state index in [4.69, 9.17) is 10.7 Å². The first-order valence-electron chi connectivity index (χ1n) is 6.32. The Kier molecular flexibility index (Phi) is 4.72. The number of esters is 1. The van der Waals surface area contributed by atoms with Crippen molar-refractivity contribution in [3.8, 4) is 0 Å². The van der Waals surface area contributed by atoms with Crippen LogP contribution in [0.5, 0.6) is 0 Å². The molecule has 1 aliphatic rings. The fraction of sp³-hybridized carbons (Fsp3) is 0.385. The molecule has 1 amide bonds. The van der Waals surface area contributed by atoms with Crippen molar-refractivity contribution in [1.29, 1.82) is 0 Å². The van der Waals surface area contributed by atoms with Crippen LogP contribution in [-0.2, 0) is 18.6 Å². The van der Waals surface area contributed by atoms with E-state index in [2.05, 4.69) is 4.74 Å². The number of anilines is 1. The summed E-state index contributed by atoms with van der Waals surface area (Å²) in [6, 6.07) is 3.85. The molecule has 22 heavy (non-hydrogen) atoms. The number of methoxy groups -OCH3 is 1. The molecule has 1 aliphatic heterocycles. The number of nitrogens with zero attached hydrogens (tertiary/aromatic N) is 1. The van der Waals surface area contributed by atoms with E-state index < -0.39 is 32.7 Å². The number of amides is 1. The van der Waals surface area contributed by atoms with Gasteiger partial charge in [-0.1, -0.05) is 6.07 Å². The van der Waals surface area contributed by atoms with Gasteiger partial charge in [0.15, 0.2) is 0 Å². The first kappa shape index (κ1) is 16.7. The number of rotatable bonds is 4. The number of hydrogen-bond acceptors (Lipinski definition) is 5. The molecule has 0 aliphatic carbocycles. The molecular weight excluding hydrogens is 337 g/mol. The van der Waals surface area contributed by atoms with Crippen molar-refractivity contribution in [1.82, 2.24) is 0 Å². The lowest BCUT2D eigenvalue weighted by molar-refractivity contribution is -0.117. The van der Waals surface area contributed by atoms with Gasteiger partial charge in [-0.3, -0.25) is 4.79 Å². The highest BCUT2D eigenvalue weighted by molar-refractivity contribution is 8.13. The minimum Gasteiger partial charge on any atom is -0.465 e. The maximum absolute atomic E-state index is 13.9. The fourth-order valence-corrected chi connectivity index (χ4v) is 3.77. The molecule has 0 bridgehead atoms. The molecule has 2 rings (SSSR count). The molecular formula is C13H13ClFNO5S. The molecule has 120 valence electrons. The van der Waals surface area contributed by atoms with E-state index in [0.717, 1.165) is 13.2 Å². The van der Waals surface area contributed by atoms with Crippen molar-refractivity contribution in [2.75, 3.05) is 24.3 Å². The lowest BCUT2D eigenvalue weighted by Crippen LogP contribution is -2.28. The third kappa shape index (κ3) is 3.56. The zero-order valence-corrected chi connectivity index (χ0v) is 13.2. The van der Waals surface area contributed by atoms with Gasteiger partial charge in [0, 0.05) is 29.6 Å². The summed E-state index contributed by atoms with van der Waals surface area (Å²) in [4.78, 5) is 25.0. The number of ether oxygens (including phenoxy) is 1. The maximum Gasteiger partial charge on any atom is 0.343 e. The monoisotopic (exact) mass is 349 g/mol. The third-order valence-corrected chi connectivity index (χ3v) is 4.56. The predicted molar refractivity (Wildman–Crippen MR) is 77.8 cm³/mol. The Labute approximate surface area is 131 Å². The highest BCUT2D eigenvalue weighted by Crippen LogP contribution is 2.31. The average Bonchev–Trinajstić information content (AvgIpc) is 2.76. The molecule has 0 radical (unpaired) electrons. The van der Waals surface area contributed by atoms with Crippen LogP contribution < -0.4 is 4.90 Å². The van der Waals surface area contributed by atoms with E-state index in [1.54, 1.807) is 0 Å². The molecule has 1 heterocycles. The van der Waals surface area contributed by atoms with E-state index in [1.807, 2.05) is 0 Å². The number of hydrogen-bond donors (Lipinski definition) is 0. The Hall–Kier alpha value is -1.67. The molecule has 0 N–H and O–H groups in total. The van der Waals surface area contributed by atoms with Crippen LogP contribution in [0.4, 0.5) is 10.1 Å². The molecule has 1 atom stereocenters. The van der Waals surface area contributed by atoms with Gasteiger partial charge in [0.05, 0.1) is 18.6 Å². The molecule has 1 aromatic rings. The summed E-state index contributed by atoms with van der Waals surface area (Å²) in [5, 5.41) is 0. The van der Waals surface area contributed by atoms with Crippen molar-refractivity contribution < 1.29 is 27.1 Å². The molecule has 0 aromatic heterocycles. The minimum absolute atomic E-state index is 0.0386. The second kappa shape index (κ2) is 6.21. The van der Waals surface area contributed by atoms with E-state index in [0.29, 0.717) is 0 Å². The highest BCUT2D eigenvalue weighted by Gasteiger charge is 2.35. The van der Waals surface area contributed by atoms with E-state index in [-0.39, 0.29) is 30.0 Å². The lowest BCUT2D eigenvalue weighted by atomic mass is 10.1. The molecule has 9 heteroatoms. The van der Waals surface area contributed by atoms with Gasteiger partial charge in [-0.05, 0) is 12.1 Å². The maximum atomic E-state index is 13.9. The zero-order chi connectivity index (χ0) is 16.5. The minimum atomic E-state index is -3.75. The second-order valence-electron chi connectivity index (χ2n) is 4.91. The van der Waals surface area contributed by atoms with Crippen LogP contribution in [0.15, 0.2) is 18.2 Å². The lowest BCUT2D eigenvalue weighted by Gasteiger charge is -2.19. The van der Waals surface area contributed by atoms with Gasteiger partial charge < -0.3 is 9.64 Å². The molecule has 1 saturated heterocycles. The van der Waals surface area contributed by atoms with Crippen LogP contribution >= 0.6 is 10.7 Å². The van der Waals surface area contributed by atoms with Gasteiger partial charge in [-0.15, -0.1) is 0 Å². The van der Waals surface area contributed by atoms with E-state index in [1.165, 1.54) is 17.0 Å². The van der Waals surface area contributed by atoms with Crippen molar-refractivity contribution in [2.24, 2.45) is 5.92 Å². The quantitative estimate of drug-likeness (QED) is 0.608. The van der Waals surface area contributed by atoms with Crippen LogP contribution in [0.2, 0.25) is 0 Å². The Morgan fingerprint density at radius 1 is 1.50 bits per heavy atom. The van der Waals surface area contributed by atoms with Crippen LogP contribution in [0.1, 0.15) is 16.8 Å². The molecule has 1 aromatic carbocycles. The summed E-state index contributed by atoms with van der Waals surface area (Å²) in [6.07, 6.45) is -0.0386. The number of benzene rings is 1. The Balaban J connectivity index is 2.35. The largest absolute Gasteiger partial charge is 0.465 e. The first-order chi connectivity index (χ1) is 10.2. The van der Waals surface area contributed by atoms with Gasteiger partial charge in [0.25, 0.3) is 0 Å². The first-order valence-corrected chi connectivity index (χ1v) is 8.80. The average molecular weight is 350 g/mol. The Morgan fingerprint density at radius 2 is 2.18 bits per heavy atom. The van der Waals surface area contributed by atoms with Gasteiger partial charge in [0.2, 0.25) is 15.0 Å². The van der Waals surface area contributed by atoms with Gasteiger partial charge in [0.1, 0.15) is 11.4 Å². The SMILES string of the molecule is COC(=O)c1c(F)cccc1N1CC(CS(=O)(=O)Cl)CC1=O. The molecule has 1 unspecified atom stereocenters. The topological polar surface area (TPSA) is 80.8 Å². The highest BCUT2D eigenvalue weighted by atomic mass is 35.7. The summed E-state index contributed by atoms with van der Waals surface area (Å²) in [5.41, 5.74) is -0.293. The molecule has 0 saturated carbocycles. The van der Waals surface area contributed by atoms with Crippen molar-refractivity contribution in [3.63, 3.8) is 0 Å². The fourth-order valence-electron chi connectivity index (χ4n) is 2.45. The summed E-state index contributed by atoms with van der Waals surface area (Å²) in [7, 11) is 2.55. The van der Waals surface area contributed by atoms with Crippen LogP contribution in [0.3, 0.4) is 0 Å². The summed E-state index contributed by atoms with van der Waals surface area (Å²) >= 11 is 0.